The maximum atomic E-state index is 13.0. The summed E-state index contributed by atoms with van der Waals surface area (Å²) >= 11 is 0. The van der Waals surface area contributed by atoms with Crippen LogP contribution in [0.15, 0.2) is 24.3 Å². The van der Waals surface area contributed by atoms with Crippen LogP contribution in [0.1, 0.15) is 65.4 Å². The van der Waals surface area contributed by atoms with E-state index < -0.39 is 0 Å². The van der Waals surface area contributed by atoms with Crippen molar-refractivity contribution in [3.8, 4) is 0 Å². The van der Waals surface area contributed by atoms with Crippen molar-refractivity contribution in [3.63, 3.8) is 0 Å². The number of amides is 1. The first-order valence-corrected chi connectivity index (χ1v) is 9.96. The largest absolute Gasteiger partial charge is 0.449 e. The lowest BCUT2D eigenvalue weighted by molar-refractivity contribution is 0.133. The second kappa shape index (κ2) is 9.26. The Bertz CT molecular complexity index is 537. The van der Waals surface area contributed by atoms with E-state index >= 15 is 0 Å². The van der Waals surface area contributed by atoms with Crippen LogP contribution in [0.2, 0.25) is 0 Å². The number of hydrogen-bond donors (Lipinski definition) is 0. The van der Waals surface area contributed by atoms with Crippen molar-refractivity contribution in [3.05, 3.63) is 29.8 Å². The molecule has 0 saturated heterocycles. The number of rotatable bonds is 6. The van der Waals surface area contributed by atoms with Crippen LogP contribution in [-0.4, -0.2) is 18.7 Å². The van der Waals surface area contributed by atoms with Crippen molar-refractivity contribution in [2.24, 2.45) is 17.8 Å². The first-order valence-electron chi connectivity index (χ1n) is 9.96. The first kappa shape index (κ1) is 19.8. The van der Waals surface area contributed by atoms with E-state index in [1.165, 1.54) is 18.4 Å². The van der Waals surface area contributed by atoms with E-state index in [1.54, 1.807) is 0 Å². The Labute approximate surface area is 153 Å². The van der Waals surface area contributed by atoms with Crippen LogP contribution in [0.4, 0.5) is 10.5 Å². The smallest absolute Gasteiger partial charge is 0.414 e. The Morgan fingerprint density at radius 3 is 2.52 bits per heavy atom. The van der Waals surface area contributed by atoms with Gasteiger partial charge in [0, 0.05) is 11.7 Å². The summed E-state index contributed by atoms with van der Waals surface area (Å²) in [5.74, 6) is 1.74. The maximum Gasteiger partial charge on any atom is 0.414 e. The standard InChI is InChI=1S/C22H35NO2/c1-6-7-14-25-22(24)23(19-11-8-17(4)9-12-19)21-15-18(5)10-13-20(21)16(2)3/h8-9,11-12,16,18,20-21H,6-7,10,13-15H2,1-5H3. The summed E-state index contributed by atoms with van der Waals surface area (Å²) in [5, 5.41) is 0. The molecule has 140 valence electrons. The van der Waals surface area contributed by atoms with Crippen LogP contribution in [0.5, 0.6) is 0 Å². The predicted molar refractivity (Wildman–Crippen MR) is 105 cm³/mol. The van der Waals surface area contributed by atoms with Gasteiger partial charge in [-0.3, -0.25) is 4.90 Å². The third-order valence-electron chi connectivity index (χ3n) is 5.55. The number of carbonyl (C=O) groups is 1. The molecule has 1 aliphatic rings. The Morgan fingerprint density at radius 1 is 1.24 bits per heavy atom. The van der Waals surface area contributed by atoms with Gasteiger partial charge in [0.15, 0.2) is 0 Å². The first-order chi connectivity index (χ1) is 11.9. The van der Waals surface area contributed by atoms with Crippen LogP contribution in [-0.2, 0) is 4.74 Å². The quantitative estimate of drug-likeness (QED) is 0.575. The SMILES string of the molecule is CCCCOC(=O)N(c1ccc(C)cc1)C1CC(C)CCC1C(C)C. The molecule has 0 bridgehead atoms. The lowest BCUT2D eigenvalue weighted by Crippen LogP contribution is -2.49. The molecule has 0 aromatic heterocycles. The molecule has 1 fully saturated rings. The van der Waals surface area contributed by atoms with Gasteiger partial charge in [-0.15, -0.1) is 0 Å². The van der Waals surface area contributed by atoms with E-state index in [9.17, 15) is 4.79 Å². The molecular weight excluding hydrogens is 310 g/mol. The summed E-state index contributed by atoms with van der Waals surface area (Å²) in [6, 6.07) is 8.51. The van der Waals surface area contributed by atoms with Gasteiger partial charge in [-0.1, -0.05) is 58.2 Å². The molecule has 1 aromatic rings. The van der Waals surface area contributed by atoms with E-state index in [2.05, 4.69) is 58.9 Å². The topological polar surface area (TPSA) is 29.5 Å². The third kappa shape index (κ3) is 5.23. The maximum absolute atomic E-state index is 13.0. The fraction of sp³-hybridized carbons (Fsp3) is 0.682. The lowest BCUT2D eigenvalue weighted by atomic mass is 9.73. The van der Waals surface area contributed by atoms with Crippen LogP contribution in [0.3, 0.4) is 0 Å². The highest BCUT2D eigenvalue weighted by Crippen LogP contribution is 2.38. The van der Waals surface area contributed by atoms with Gasteiger partial charge in [-0.05, 0) is 56.1 Å². The summed E-state index contributed by atoms with van der Waals surface area (Å²) in [7, 11) is 0. The molecule has 25 heavy (non-hydrogen) atoms. The van der Waals surface area contributed by atoms with Crippen molar-refractivity contribution in [1.82, 2.24) is 0 Å². The number of ether oxygens (including phenoxy) is 1. The van der Waals surface area contributed by atoms with Gasteiger partial charge in [0.25, 0.3) is 0 Å². The molecule has 3 heteroatoms. The van der Waals surface area contributed by atoms with E-state index in [0.717, 1.165) is 24.9 Å². The van der Waals surface area contributed by atoms with Crippen molar-refractivity contribution < 1.29 is 9.53 Å². The van der Waals surface area contributed by atoms with E-state index in [1.807, 2.05) is 4.90 Å². The fourth-order valence-corrected chi connectivity index (χ4v) is 3.96. The monoisotopic (exact) mass is 345 g/mol. The Kier molecular flexibility index (Phi) is 7.34. The number of unbranched alkanes of at least 4 members (excludes halogenated alkanes) is 1. The molecule has 1 saturated carbocycles. The number of carbonyl (C=O) groups excluding carboxylic acids is 1. The summed E-state index contributed by atoms with van der Waals surface area (Å²) in [6.45, 7) is 11.6. The molecule has 0 radical (unpaired) electrons. The van der Waals surface area contributed by atoms with Gasteiger partial charge in [0.2, 0.25) is 0 Å². The average molecular weight is 346 g/mol. The zero-order valence-corrected chi connectivity index (χ0v) is 16.6. The Balaban J connectivity index is 2.31. The average Bonchev–Trinajstić information content (AvgIpc) is 2.57. The Hall–Kier alpha value is -1.51. The number of hydrogen-bond acceptors (Lipinski definition) is 2. The van der Waals surface area contributed by atoms with Crippen molar-refractivity contribution in [2.75, 3.05) is 11.5 Å². The Morgan fingerprint density at radius 2 is 1.92 bits per heavy atom. The number of anilines is 1. The number of benzene rings is 1. The summed E-state index contributed by atoms with van der Waals surface area (Å²) in [6.07, 6.45) is 5.27. The minimum Gasteiger partial charge on any atom is -0.449 e. The summed E-state index contributed by atoms with van der Waals surface area (Å²) < 4.78 is 5.63. The molecule has 0 aliphatic heterocycles. The highest BCUT2D eigenvalue weighted by Gasteiger charge is 2.38. The van der Waals surface area contributed by atoms with E-state index in [4.69, 9.17) is 4.74 Å². The van der Waals surface area contributed by atoms with Crippen LogP contribution < -0.4 is 4.90 Å². The van der Waals surface area contributed by atoms with Gasteiger partial charge >= 0.3 is 6.09 Å². The molecule has 0 heterocycles. The van der Waals surface area contributed by atoms with Crippen LogP contribution >= 0.6 is 0 Å². The molecule has 0 spiro atoms. The summed E-state index contributed by atoms with van der Waals surface area (Å²) in [4.78, 5) is 14.9. The zero-order chi connectivity index (χ0) is 18.4. The van der Waals surface area contributed by atoms with E-state index in [0.29, 0.717) is 24.4 Å². The molecule has 2 rings (SSSR count). The van der Waals surface area contributed by atoms with Crippen molar-refractivity contribution >= 4 is 11.8 Å². The molecule has 1 amide bonds. The van der Waals surface area contributed by atoms with Gasteiger partial charge in [0.1, 0.15) is 0 Å². The van der Waals surface area contributed by atoms with E-state index in [-0.39, 0.29) is 12.1 Å². The molecule has 3 unspecified atom stereocenters. The van der Waals surface area contributed by atoms with Crippen molar-refractivity contribution in [1.29, 1.82) is 0 Å². The molecule has 0 N–H and O–H groups in total. The second-order valence-electron chi connectivity index (χ2n) is 8.07. The lowest BCUT2D eigenvalue weighted by Gasteiger charge is -2.43. The highest BCUT2D eigenvalue weighted by molar-refractivity contribution is 5.88. The molecular formula is C22H35NO2. The zero-order valence-electron chi connectivity index (χ0n) is 16.6. The number of nitrogens with zero attached hydrogens (tertiary/aromatic N) is 1. The normalized spacial score (nSPS) is 23.5. The van der Waals surface area contributed by atoms with Gasteiger partial charge < -0.3 is 4.74 Å². The van der Waals surface area contributed by atoms with Gasteiger partial charge in [0.05, 0.1) is 6.61 Å². The fourth-order valence-electron chi connectivity index (χ4n) is 3.96. The minimum atomic E-state index is -0.179. The van der Waals surface area contributed by atoms with Crippen LogP contribution in [0.25, 0.3) is 0 Å². The second-order valence-corrected chi connectivity index (χ2v) is 8.07. The van der Waals surface area contributed by atoms with Crippen LogP contribution in [0, 0.1) is 24.7 Å². The molecule has 1 aromatic carbocycles. The van der Waals surface area contributed by atoms with Gasteiger partial charge in [-0.25, -0.2) is 4.79 Å². The molecule has 3 atom stereocenters. The third-order valence-corrected chi connectivity index (χ3v) is 5.55. The highest BCUT2D eigenvalue weighted by atomic mass is 16.6. The van der Waals surface area contributed by atoms with Gasteiger partial charge in [-0.2, -0.15) is 0 Å². The molecule has 3 nitrogen and oxygen atoms in total. The predicted octanol–water partition coefficient (Wildman–Crippen LogP) is 6.20. The summed E-state index contributed by atoms with van der Waals surface area (Å²) in [5.41, 5.74) is 2.18. The van der Waals surface area contributed by atoms with Crippen molar-refractivity contribution in [2.45, 2.75) is 72.8 Å². The minimum absolute atomic E-state index is 0.179. The number of aryl methyl sites for hydroxylation is 1. The molecule has 1 aliphatic carbocycles.